The molecule has 17 heavy (non-hydrogen) atoms. The van der Waals surface area contributed by atoms with Crippen LogP contribution in [0.1, 0.15) is 5.01 Å². The van der Waals surface area contributed by atoms with Crippen LogP contribution in [0.5, 0.6) is 0 Å². The Morgan fingerprint density at radius 1 is 1.18 bits per heavy atom. The zero-order chi connectivity index (χ0) is 11.8. The summed E-state index contributed by atoms with van der Waals surface area (Å²) in [7, 11) is 0. The van der Waals surface area contributed by atoms with E-state index in [4.69, 9.17) is 5.73 Å². The van der Waals surface area contributed by atoms with E-state index in [1.54, 1.807) is 17.4 Å². The van der Waals surface area contributed by atoms with Crippen molar-refractivity contribution in [1.82, 2.24) is 15.0 Å². The van der Waals surface area contributed by atoms with Crippen molar-refractivity contribution in [2.45, 2.75) is 6.92 Å². The summed E-state index contributed by atoms with van der Waals surface area (Å²) in [6.45, 7) is 2.01. The summed E-state index contributed by atoms with van der Waals surface area (Å²) in [6, 6.07) is 7.89. The van der Waals surface area contributed by atoms with Crippen molar-refractivity contribution in [3.63, 3.8) is 0 Å². The number of hydrogen-bond donors (Lipinski definition) is 1. The van der Waals surface area contributed by atoms with Crippen LogP contribution in [0.4, 0.5) is 5.82 Å². The van der Waals surface area contributed by atoms with Crippen molar-refractivity contribution in [3.05, 3.63) is 35.6 Å². The van der Waals surface area contributed by atoms with E-state index in [0.29, 0.717) is 5.82 Å². The first-order valence-electron chi connectivity index (χ1n) is 5.17. The van der Waals surface area contributed by atoms with Gasteiger partial charge in [-0.05, 0) is 19.1 Å². The Morgan fingerprint density at radius 3 is 2.88 bits per heavy atom. The third kappa shape index (κ3) is 1.85. The maximum atomic E-state index is 5.65. The normalized spacial score (nSPS) is 10.9. The van der Waals surface area contributed by atoms with Crippen LogP contribution in [0.25, 0.3) is 21.5 Å². The van der Waals surface area contributed by atoms with Crippen LogP contribution in [0.15, 0.2) is 30.6 Å². The molecule has 0 unspecified atom stereocenters. The molecule has 4 nitrogen and oxygen atoms in total. The molecule has 2 heterocycles. The van der Waals surface area contributed by atoms with Gasteiger partial charge in [0.1, 0.15) is 12.1 Å². The second-order valence-electron chi connectivity index (χ2n) is 3.74. The van der Waals surface area contributed by atoms with Gasteiger partial charge < -0.3 is 5.73 Å². The molecule has 0 atom stereocenters. The second-order valence-corrected chi connectivity index (χ2v) is 4.98. The van der Waals surface area contributed by atoms with Gasteiger partial charge in [0.05, 0.1) is 20.9 Å². The Balaban J connectivity index is 2.17. The molecule has 3 aromatic rings. The number of nitrogens with zero attached hydrogens (tertiary/aromatic N) is 3. The minimum absolute atomic E-state index is 0.476. The van der Waals surface area contributed by atoms with E-state index in [-0.39, 0.29) is 0 Å². The van der Waals surface area contributed by atoms with Crippen LogP contribution >= 0.6 is 11.3 Å². The highest BCUT2D eigenvalue weighted by Gasteiger charge is 2.04. The van der Waals surface area contributed by atoms with Gasteiger partial charge >= 0.3 is 0 Å². The first-order chi connectivity index (χ1) is 8.22. The maximum absolute atomic E-state index is 5.65. The summed E-state index contributed by atoms with van der Waals surface area (Å²) in [4.78, 5) is 12.6. The van der Waals surface area contributed by atoms with E-state index in [0.717, 1.165) is 21.8 Å². The molecule has 0 aliphatic rings. The van der Waals surface area contributed by atoms with Crippen LogP contribution in [-0.2, 0) is 0 Å². The number of fused-ring (bicyclic) bond motifs is 1. The average Bonchev–Trinajstić information content (AvgIpc) is 2.68. The van der Waals surface area contributed by atoms with Gasteiger partial charge in [-0.3, -0.25) is 0 Å². The van der Waals surface area contributed by atoms with Crippen molar-refractivity contribution in [2.24, 2.45) is 0 Å². The Kier molecular flexibility index (Phi) is 2.26. The summed E-state index contributed by atoms with van der Waals surface area (Å²) < 4.78 is 1.19. The zero-order valence-electron chi connectivity index (χ0n) is 9.21. The van der Waals surface area contributed by atoms with Crippen molar-refractivity contribution >= 4 is 27.4 Å². The highest BCUT2D eigenvalue weighted by Crippen LogP contribution is 2.26. The highest BCUT2D eigenvalue weighted by atomic mass is 32.1. The molecule has 0 aliphatic carbocycles. The maximum Gasteiger partial charge on any atom is 0.127 e. The minimum Gasteiger partial charge on any atom is -0.384 e. The molecule has 0 fully saturated rings. The molecule has 1 aromatic carbocycles. The van der Waals surface area contributed by atoms with Gasteiger partial charge in [-0.2, -0.15) is 0 Å². The van der Waals surface area contributed by atoms with Gasteiger partial charge in [0.2, 0.25) is 0 Å². The minimum atomic E-state index is 0.476. The molecular formula is C12H10N4S. The number of rotatable bonds is 1. The quantitative estimate of drug-likeness (QED) is 0.712. The molecule has 3 rings (SSSR count). The largest absolute Gasteiger partial charge is 0.384 e. The van der Waals surface area contributed by atoms with E-state index in [2.05, 4.69) is 21.0 Å². The molecule has 0 saturated carbocycles. The van der Waals surface area contributed by atoms with E-state index in [1.165, 1.54) is 11.0 Å². The summed E-state index contributed by atoms with van der Waals surface area (Å²) in [5.74, 6) is 0.476. The first kappa shape index (κ1) is 10.2. The SMILES string of the molecule is Cc1nc2cc(-c3cc(N)ncn3)ccc2s1. The summed E-state index contributed by atoms with van der Waals surface area (Å²) >= 11 is 1.69. The lowest BCUT2D eigenvalue weighted by Gasteiger charge is -2.00. The van der Waals surface area contributed by atoms with Gasteiger partial charge in [0, 0.05) is 11.6 Å². The summed E-state index contributed by atoms with van der Waals surface area (Å²) in [6.07, 6.45) is 1.47. The Morgan fingerprint density at radius 2 is 2.06 bits per heavy atom. The highest BCUT2D eigenvalue weighted by molar-refractivity contribution is 7.18. The Hall–Kier alpha value is -2.01. The van der Waals surface area contributed by atoms with Crippen LogP contribution in [0, 0.1) is 6.92 Å². The number of thiazole rings is 1. The number of anilines is 1. The van der Waals surface area contributed by atoms with Gasteiger partial charge in [0.15, 0.2) is 0 Å². The smallest absolute Gasteiger partial charge is 0.127 e. The molecule has 0 amide bonds. The molecule has 0 saturated heterocycles. The molecule has 84 valence electrons. The van der Waals surface area contributed by atoms with Gasteiger partial charge in [-0.25, -0.2) is 15.0 Å². The molecule has 0 radical (unpaired) electrons. The lowest BCUT2D eigenvalue weighted by molar-refractivity contribution is 1.18. The van der Waals surface area contributed by atoms with Crippen molar-refractivity contribution in [2.75, 3.05) is 5.73 Å². The fraction of sp³-hybridized carbons (Fsp3) is 0.0833. The number of hydrogen-bond acceptors (Lipinski definition) is 5. The third-order valence-corrected chi connectivity index (χ3v) is 3.43. The number of nitrogens with two attached hydrogens (primary N) is 1. The molecule has 5 heteroatoms. The average molecular weight is 242 g/mol. The molecule has 0 aliphatic heterocycles. The summed E-state index contributed by atoms with van der Waals surface area (Å²) in [5.41, 5.74) is 8.49. The lowest BCUT2D eigenvalue weighted by Crippen LogP contribution is -1.92. The van der Waals surface area contributed by atoms with Gasteiger partial charge in [0.25, 0.3) is 0 Å². The topological polar surface area (TPSA) is 64.7 Å². The van der Waals surface area contributed by atoms with Crippen LogP contribution in [0.2, 0.25) is 0 Å². The second kappa shape index (κ2) is 3.78. The third-order valence-electron chi connectivity index (χ3n) is 2.48. The fourth-order valence-electron chi connectivity index (χ4n) is 1.73. The van der Waals surface area contributed by atoms with Crippen LogP contribution in [0.3, 0.4) is 0 Å². The Labute approximate surface area is 102 Å². The first-order valence-corrected chi connectivity index (χ1v) is 5.99. The molecule has 0 bridgehead atoms. The number of benzene rings is 1. The molecule has 2 N–H and O–H groups in total. The van der Waals surface area contributed by atoms with Crippen molar-refractivity contribution in [3.8, 4) is 11.3 Å². The van der Waals surface area contributed by atoms with Gasteiger partial charge in [-0.1, -0.05) is 6.07 Å². The van der Waals surface area contributed by atoms with Gasteiger partial charge in [-0.15, -0.1) is 11.3 Å². The zero-order valence-corrected chi connectivity index (χ0v) is 10.0. The predicted octanol–water partition coefficient (Wildman–Crippen LogP) is 2.64. The predicted molar refractivity (Wildman–Crippen MR) is 69.8 cm³/mol. The van der Waals surface area contributed by atoms with E-state index in [9.17, 15) is 0 Å². The van der Waals surface area contributed by atoms with Crippen molar-refractivity contribution in [1.29, 1.82) is 0 Å². The fourth-order valence-corrected chi connectivity index (χ4v) is 2.54. The van der Waals surface area contributed by atoms with Crippen LogP contribution in [-0.4, -0.2) is 15.0 Å². The lowest BCUT2D eigenvalue weighted by atomic mass is 10.1. The van der Waals surface area contributed by atoms with Crippen molar-refractivity contribution < 1.29 is 0 Å². The monoisotopic (exact) mass is 242 g/mol. The number of aromatic nitrogens is 3. The van der Waals surface area contributed by atoms with E-state index in [1.807, 2.05) is 19.1 Å². The van der Waals surface area contributed by atoms with Crippen LogP contribution < -0.4 is 5.73 Å². The molecular weight excluding hydrogens is 232 g/mol. The number of nitrogen functional groups attached to an aromatic ring is 1. The molecule has 0 spiro atoms. The standard InChI is InChI=1S/C12H10N4S/c1-7-16-10-4-8(2-3-11(10)17-7)9-5-12(13)15-6-14-9/h2-6H,1H3,(H2,13,14,15). The summed E-state index contributed by atoms with van der Waals surface area (Å²) in [5, 5.41) is 1.07. The molecule has 2 aromatic heterocycles. The van der Waals surface area contributed by atoms with E-state index < -0.39 is 0 Å². The Bertz CT molecular complexity index is 690. The van der Waals surface area contributed by atoms with E-state index >= 15 is 0 Å². The number of aryl methyl sites for hydroxylation is 1.